The first kappa shape index (κ1) is 15.2. The van der Waals surface area contributed by atoms with Crippen molar-refractivity contribution in [3.8, 4) is 11.3 Å². The zero-order chi connectivity index (χ0) is 17.1. The normalized spacial score (nSPS) is 11.0. The van der Waals surface area contributed by atoms with Crippen LogP contribution in [-0.4, -0.2) is 14.9 Å². The molecule has 0 fully saturated rings. The maximum absolute atomic E-state index is 11.5. The summed E-state index contributed by atoms with van der Waals surface area (Å²) >= 11 is 0. The molecule has 0 amide bonds. The number of nitrogens with zero attached hydrogens (tertiary/aromatic N) is 1. The van der Waals surface area contributed by atoms with Crippen LogP contribution >= 0.6 is 0 Å². The zero-order valence-corrected chi connectivity index (χ0v) is 12.2. The topological polar surface area (TPSA) is 122 Å². The van der Waals surface area contributed by atoms with Crippen molar-refractivity contribution in [1.82, 2.24) is 9.97 Å². The van der Waals surface area contributed by atoms with E-state index in [0.29, 0.717) is 11.5 Å². The maximum Gasteiger partial charge on any atom is 0.357 e. The predicted molar refractivity (Wildman–Crippen MR) is 87.4 cm³/mol. The van der Waals surface area contributed by atoms with Gasteiger partial charge in [0.2, 0.25) is 0 Å². The van der Waals surface area contributed by atoms with E-state index in [1.54, 1.807) is 12.1 Å². The summed E-state index contributed by atoms with van der Waals surface area (Å²) in [6.45, 7) is 0. The lowest BCUT2D eigenvalue weighted by molar-refractivity contribution is -0.386. The van der Waals surface area contributed by atoms with E-state index in [2.05, 4.69) is 4.98 Å². The Bertz CT molecular complexity index is 1030. The van der Waals surface area contributed by atoms with Gasteiger partial charge < -0.3 is 9.40 Å². The van der Waals surface area contributed by atoms with Crippen molar-refractivity contribution in [2.75, 3.05) is 0 Å². The highest BCUT2D eigenvalue weighted by Crippen LogP contribution is 2.23. The number of hydrogen-bond donors (Lipinski definition) is 2. The van der Waals surface area contributed by atoms with Crippen LogP contribution in [0.15, 0.2) is 56.5 Å². The van der Waals surface area contributed by atoms with Gasteiger partial charge in [0.15, 0.2) is 0 Å². The summed E-state index contributed by atoms with van der Waals surface area (Å²) in [6.07, 6.45) is 2.69. The molecule has 0 aliphatic heterocycles. The SMILES string of the molecule is O=c1[nH]c(/C=C/c2ccc(-c3ccccc3)o2)c([N+](=O)[O-])c(=O)[nH]1. The molecule has 0 bridgehead atoms. The molecule has 0 aliphatic carbocycles. The van der Waals surface area contributed by atoms with E-state index in [9.17, 15) is 19.7 Å². The van der Waals surface area contributed by atoms with Crippen molar-refractivity contribution >= 4 is 17.8 Å². The van der Waals surface area contributed by atoms with Crippen molar-refractivity contribution in [3.63, 3.8) is 0 Å². The Morgan fingerprint density at radius 2 is 1.75 bits per heavy atom. The summed E-state index contributed by atoms with van der Waals surface area (Å²) in [5.74, 6) is 1.05. The van der Waals surface area contributed by atoms with Crippen LogP contribution in [-0.2, 0) is 0 Å². The van der Waals surface area contributed by atoms with Crippen LogP contribution in [0.5, 0.6) is 0 Å². The van der Waals surface area contributed by atoms with E-state index in [1.807, 2.05) is 35.3 Å². The van der Waals surface area contributed by atoms with Crippen LogP contribution in [0, 0.1) is 10.1 Å². The van der Waals surface area contributed by atoms with Crippen LogP contribution in [0.4, 0.5) is 5.69 Å². The molecule has 120 valence electrons. The molecule has 2 aromatic heterocycles. The minimum Gasteiger partial charge on any atom is -0.457 e. The molecular weight excluding hydrogens is 314 g/mol. The van der Waals surface area contributed by atoms with Gasteiger partial charge in [-0.05, 0) is 24.3 Å². The van der Waals surface area contributed by atoms with Gasteiger partial charge >= 0.3 is 16.9 Å². The molecule has 0 spiro atoms. The molecule has 2 N–H and O–H groups in total. The zero-order valence-electron chi connectivity index (χ0n) is 12.2. The van der Waals surface area contributed by atoms with Gasteiger partial charge in [-0.15, -0.1) is 0 Å². The lowest BCUT2D eigenvalue weighted by atomic mass is 10.2. The standard InChI is InChI=1S/C16H11N3O5/c20-15-14(19(22)23)12(17-16(21)18-15)8-6-11-7-9-13(24-11)10-4-2-1-3-5-10/h1-9H,(H2,17,18,20,21)/b8-6+. The molecule has 0 radical (unpaired) electrons. The maximum atomic E-state index is 11.5. The van der Waals surface area contributed by atoms with Crippen molar-refractivity contribution in [2.45, 2.75) is 0 Å². The third-order valence-electron chi connectivity index (χ3n) is 3.23. The Labute approximate surface area is 134 Å². The summed E-state index contributed by atoms with van der Waals surface area (Å²) in [7, 11) is 0. The van der Waals surface area contributed by atoms with Crippen LogP contribution in [0.1, 0.15) is 11.5 Å². The van der Waals surface area contributed by atoms with Gasteiger partial charge in [0.1, 0.15) is 17.2 Å². The first-order valence-electron chi connectivity index (χ1n) is 6.89. The molecule has 0 unspecified atom stereocenters. The number of furan rings is 1. The van der Waals surface area contributed by atoms with Crippen LogP contribution in [0.3, 0.4) is 0 Å². The average Bonchev–Trinajstić information content (AvgIpc) is 3.01. The van der Waals surface area contributed by atoms with E-state index in [4.69, 9.17) is 4.42 Å². The van der Waals surface area contributed by atoms with Gasteiger partial charge in [0.25, 0.3) is 0 Å². The molecule has 3 rings (SSSR count). The molecule has 0 atom stereocenters. The lowest BCUT2D eigenvalue weighted by Crippen LogP contribution is -2.25. The number of H-pyrrole nitrogens is 2. The van der Waals surface area contributed by atoms with Crippen molar-refractivity contribution in [3.05, 3.63) is 84.9 Å². The highest BCUT2D eigenvalue weighted by Gasteiger charge is 2.18. The number of hydrogen-bond acceptors (Lipinski definition) is 5. The molecule has 8 nitrogen and oxygen atoms in total. The second-order valence-corrected chi connectivity index (χ2v) is 4.83. The van der Waals surface area contributed by atoms with E-state index < -0.39 is 21.9 Å². The number of benzene rings is 1. The van der Waals surface area contributed by atoms with Gasteiger partial charge in [0, 0.05) is 5.56 Å². The minimum absolute atomic E-state index is 0.202. The number of aromatic nitrogens is 2. The largest absolute Gasteiger partial charge is 0.457 e. The first-order chi connectivity index (χ1) is 11.5. The highest BCUT2D eigenvalue weighted by atomic mass is 16.6. The summed E-state index contributed by atoms with van der Waals surface area (Å²) in [5.41, 5.74) is -1.94. The molecule has 24 heavy (non-hydrogen) atoms. The Hall–Kier alpha value is -3.68. The fourth-order valence-electron chi connectivity index (χ4n) is 2.16. The summed E-state index contributed by atoms with van der Waals surface area (Å²) in [5, 5.41) is 11.0. The van der Waals surface area contributed by atoms with Gasteiger partial charge in [-0.3, -0.25) is 19.9 Å². The van der Waals surface area contributed by atoms with Crippen LogP contribution < -0.4 is 11.2 Å². The Balaban J connectivity index is 1.95. The van der Waals surface area contributed by atoms with Crippen LogP contribution in [0.2, 0.25) is 0 Å². The smallest absolute Gasteiger partial charge is 0.357 e. The fourth-order valence-corrected chi connectivity index (χ4v) is 2.16. The average molecular weight is 325 g/mol. The van der Waals surface area contributed by atoms with Crippen molar-refractivity contribution < 1.29 is 9.34 Å². The number of rotatable bonds is 4. The molecule has 0 saturated heterocycles. The van der Waals surface area contributed by atoms with E-state index in [-0.39, 0.29) is 5.69 Å². The van der Waals surface area contributed by atoms with Gasteiger partial charge in [-0.2, -0.15) is 0 Å². The molecule has 8 heteroatoms. The molecule has 0 aliphatic rings. The summed E-state index contributed by atoms with van der Waals surface area (Å²) < 4.78 is 5.62. The Kier molecular flexibility index (Phi) is 3.94. The molecule has 1 aromatic carbocycles. The van der Waals surface area contributed by atoms with E-state index in [1.165, 1.54) is 12.2 Å². The Morgan fingerprint density at radius 3 is 2.46 bits per heavy atom. The molecule has 0 saturated carbocycles. The molecular formula is C16H11N3O5. The monoisotopic (exact) mass is 325 g/mol. The number of nitrogens with one attached hydrogen (secondary N) is 2. The lowest BCUT2D eigenvalue weighted by Gasteiger charge is -1.96. The van der Waals surface area contributed by atoms with Gasteiger partial charge in [-0.25, -0.2) is 4.79 Å². The first-order valence-corrected chi connectivity index (χ1v) is 6.89. The van der Waals surface area contributed by atoms with E-state index in [0.717, 1.165) is 5.56 Å². The second kappa shape index (κ2) is 6.21. The summed E-state index contributed by atoms with van der Waals surface area (Å²) in [6, 6.07) is 12.8. The third-order valence-corrected chi connectivity index (χ3v) is 3.23. The second-order valence-electron chi connectivity index (χ2n) is 4.83. The number of aromatic amines is 2. The Morgan fingerprint density at radius 1 is 1.00 bits per heavy atom. The molecule has 2 heterocycles. The molecule has 3 aromatic rings. The van der Waals surface area contributed by atoms with Crippen molar-refractivity contribution in [2.24, 2.45) is 0 Å². The highest BCUT2D eigenvalue weighted by molar-refractivity contribution is 5.71. The van der Waals surface area contributed by atoms with Crippen LogP contribution in [0.25, 0.3) is 23.5 Å². The third kappa shape index (κ3) is 3.07. The van der Waals surface area contributed by atoms with E-state index >= 15 is 0 Å². The quantitative estimate of drug-likeness (QED) is 0.563. The predicted octanol–water partition coefficient (Wildman–Crippen LogP) is 2.40. The number of nitro groups is 1. The van der Waals surface area contributed by atoms with Crippen molar-refractivity contribution in [1.29, 1.82) is 0 Å². The summed E-state index contributed by atoms with van der Waals surface area (Å²) in [4.78, 5) is 37.0. The fraction of sp³-hybridized carbons (Fsp3) is 0. The minimum atomic E-state index is -1.06. The van der Waals surface area contributed by atoms with Gasteiger partial charge in [-0.1, -0.05) is 30.3 Å². The van der Waals surface area contributed by atoms with Gasteiger partial charge in [0.05, 0.1) is 4.92 Å².